The highest BCUT2D eigenvalue weighted by atomic mass is 127. The molecular formula is C12H7BrINOS. The molecule has 0 aliphatic heterocycles. The molecule has 0 radical (unpaired) electrons. The lowest BCUT2D eigenvalue weighted by atomic mass is 10.1. The molecule has 0 saturated carbocycles. The molecule has 0 unspecified atom stereocenters. The Labute approximate surface area is 124 Å². The predicted octanol–water partition coefficient (Wildman–Crippen LogP) is 4.85. The SMILES string of the molecule is Oc1ncc(Br)c2sc3c(CI)cccc3c12. The number of aromatic nitrogens is 1. The molecule has 3 rings (SSSR count). The van der Waals surface area contributed by atoms with Crippen molar-refractivity contribution in [2.75, 3.05) is 0 Å². The van der Waals surface area contributed by atoms with Crippen LogP contribution >= 0.6 is 49.9 Å². The standard InChI is InChI=1S/C12H7BrINOS/c13-8-5-15-12(16)9-7-3-1-2-6(4-14)10(7)17-11(8)9/h1-3,5H,4H2,(H,15,16). The molecule has 0 atom stereocenters. The molecule has 0 bridgehead atoms. The maximum absolute atomic E-state index is 9.92. The molecule has 1 N–H and O–H groups in total. The number of aromatic hydroxyl groups is 1. The van der Waals surface area contributed by atoms with Gasteiger partial charge in [0.05, 0.1) is 14.6 Å². The summed E-state index contributed by atoms with van der Waals surface area (Å²) in [5, 5.41) is 11.9. The monoisotopic (exact) mass is 419 g/mol. The van der Waals surface area contributed by atoms with Crippen molar-refractivity contribution in [3.8, 4) is 5.88 Å². The van der Waals surface area contributed by atoms with E-state index in [2.05, 4.69) is 49.6 Å². The van der Waals surface area contributed by atoms with Gasteiger partial charge in [-0.3, -0.25) is 0 Å². The van der Waals surface area contributed by atoms with Gasteiger partial charge in [-0.2, -0.15) is 0 Å². The Morgan fingerprint density at radius 2 is 2.18 bits per heavy atom. The summed E-state index contributed by atoms with van der Waals surface area (Å²) in [5.74, 6) is 0.111. The number of pyridine rings is 1. The van der Waals surface area contributed by atoms with Crippen LogP contribution in [-0.2, 0) is 4.43 Å². The molecule has 2 nitrogen and oxygen atoms in total. The summed E-state index contributed by atoms with van der Waals surface area (Å²) < 4.78 is 4.20. The van der Waals surface area contributed by atoms with Crippen LogP contribution in [0.1, 0.15) is 5.56 Å². The number of benzene rings is 1. The molecule has 17 heavy (non-hydrogen) atoms. The predicted molar refractivity (Wildman–Crippen MR) is 84.2 cm³/mol. The van der Waals surface area contributed by atoms with E-state index in [1.807, 2.05) is 12.1 Å². The normalized spacial score (nSPS) is 11.4. The topological polar surface area (TPSA) is 33.1 Å². The molecule has 0 fully saturated rings. The van der Waals surface area contributed by atoms with Crippen molar-refractivity contribution < 1.29 is 5.11 Å². The van der Waals surface area contributed by atoms with Crippen LogP contribution in [0.25, 0.3) is 20.2 Å². The fourth-order valence-corrected chi connectivity index (χ4v) is 4.56. The van der Waals surface area contributed by atoms with Gasteiger partial charge in [0.2, 0.25) is 5.88 Å². The van der Waals surface area contributed by atoms with Gasteiger partial charge in [-0.15, -0.1) is 11.3 Å². The first-order valence-corrected chi connectivity index (χ1v) is 8.09. The highest BCUT2D eigenvalue weighted by Crippen LogP contribution is 2.42. The Balaban J connectivity index is 2.58. The van der Waals surface area contributed by atoms with Crippen LogP contribution in [0.2, 0.25) is 0 Å². The lowest BCUT2D eigenvalue weighted by Gasteiger charge is -1.98. The Hall–Kier alpha value is -0.400. The Morgan fingerprint density at radius 3 is 2.94 bits per heavy atom. The largest absolute Gasteiger partial charge is 0.493 e. The van der Waals surface area contributed by atoms with Crippen molar-refractivity contribution in [2.45, 2.75) is 4.43 Å². The maximum atomic E-state index is 9.92. The lowest BCUT2D eigenvalue weighted by Crippen LogP contribution is -1.78. The quantitative estimate of drug-likeness (QED) is 0.451. The second-order valence-electron chi connectivity index (χ2n) is 3.66. The number of hydrogen-bond donors (Lipinski definition) is 1. The number of hydrogen-bond acceptors (Lipinski definition) is 3. The molecule has 0 saturated heterocycles. The van der Waals surface area contributed by atoms with E-state index in [4.69, 9.17) is 0 Å². The van der Waals surface area contributed by atoms with Crippen molar-refractivity contribution in [3.05, 3.63) is 34.4 Å². The second-order valence-corrected chi connectivity index (χ2v) is 6.30. The van der Waals surface area contributed by atoms with Crippen LogP contribution in [0.15, 0.2) is 28.9 Å². The van der Waals surface area contributed by atoms with E-state index in [1.165, 1.54) is 10.3 Å². The third-order valence-corrected chi connectivity index (χ3v) is 5.68. The van der Waals surface area contributed by atoms with E-state index in [-0.39, 0.29) is 5.88 Å². The average Bonchev–Trinajstić information content (AvgIpc) is 2.74. The van der Waals surface area contributed by atoms with Gasteiger partial charge in [0.15, 0.2) is 0 Å². The van der Waals surface area contributed by atoms with Gasteiger partial charge in [0, 0.05) is 20.7 Å². The van der Waals surface area contributed by atoms with Crippen LogP contribution in [0.3, 0.4) is 0 Å². The Morgan fingerprint density at radius 1 is 1.35 bits per heavy atom. The van der Waals surface area contributed by atoms with E-state index < -0.39 is 0 Å². The summed E-state index contributed by atoms with van der Waals surface area (Å²) in [4.78, 5) is 4.00. The van der Waals surface area contributed by atoms with E-state index in [0.717, 1.165) is 24.4 Å². The number of thiophene rings is 1. The van der Waals surface area contributed by atoms with Crippen LogP contribution in [0.5, 0.6) is 5.88 Å². The molecule has 0 amide bonds. The molecule has 0 aliphatic carbocycles. The maximum Gasteiger partial charge on any atom is 0.220 e. The minimum atomic E-state index is 0.111. The zero-order valence-corrected chi connectivity index (χ0v) is 13.1. The van der Waals surface area contributed by atoms with Crippen LogP contribution in [0, 0.1) is 0 Å². The van der Waals surface area contributed by atoms with Gasteiger partial charge in [-0.05, 0) is 21.5 Å². The summed E-state index contributed by atoms with van der Waals surface area (Å²) in [6, 6.07) is 6.20. The number of nitrogens with zero attached hydrogens (tertiary/aromatic N) is 1. The fraction of sp³-hybridized carbons (Fsp3) is 0.0833. The third kappa shape index (κ3) is 1.75. The second kappa shape index (κ2) is 4.37. The third-order valence-electron chi connectivity index (χ3n) is 2.68. The zero-order valence-electron chi connectivity index (χ0n) is 8.58. The smallest absolute Gasteiger partial charge is 0.220 e. The van der Waals surface area contributed by atoms with Gasteiger partial charge in [-0.25, -0.2) is 4.98 Å². The van der Waals surface area contributed by atoms with Gasteiger partial charge in [0.1, 0.15) is 0 Å². The molecule has 2 heterocycles. The van der Waals surface area contributed by atoms with Crippen molar-refractivity contribution >= 4 is 70.0 Å². The molecule has 1 aromatic carbocycles. The highest BCUT2D eigenvalue weighted by Gasteiger charge is 2.14. The van der Waals surface area contributed by atoms with Crippen molar-refractivity contribution in [1.29, 1.82) is 0 Å². The van der Waals surface area contributed by atoms with E-state index in [9.17, 15) is 5.11 Å². The van der Waals surface area contributed by atoms with Gasteiger partial charge < -0.3 is 5.11 Å². The molecule has 86 valence electrons. The first-order valence-electron chi connectivity index (χ1n) is 4.96. The van der Waals surface area contributed by atoms with Crippen LogP contribution in [-0.4, -0.2) is 10.1 Å². The molecule has 2 aromatic heterocycles. The number of alkyl halides is 1. The first-order chi connectivity index (χ1) is 8.22. The van der Waals surface area contributed by atoms with Gasteiger partial charge in [0.25, 0.3) is 0 Å². The summed E-state index contributed by atoms with van der Waals surface area (Å²) in [7, 11) is 0. The molecule has 0 aliphatic rings. The zero-order chi connectivity index (χ0) is 12.0. The molecule has 3 aromatic rings. The van der Waals surface area contributed by atoms with Gasteiger partial charge in [-0.1, -0.05) is 40.8 Å². The average molecular weight is 420 g/mol. The first kappa shape index (κ1) is 11.7. The number of fused-ring (bicyclic) bond motifs is 3. The number of rotatable bonds is 1. The van der Waals surface area contributed by atoms with Crippen LogP contribution < -0.4 is 0 Å². The van der Waals surface area contributed by atoms with E-state index >= 15 is 0 Å². The Bertz CT molecular complexity index is 725. The fourth-order valence-electron chi connectivity index (χ4n) is 1.91. The molecule has 5 heteroatoms. The van der Waals surface area contributed by atoms with Crippen LogP contribution in [0.4, 0.5) is 0 Å². The lowest BCUT2D eigenvalue weighted by molar-refractivity contribution is 0.461. The minimum absolute atomic E-state index is 0.111. The molecule has 0 spiro atoms. The minimum Gasteiger partial charge on any atom is -0.493 e. The summed E-state index contributed by atoms with van der Waals surface area (Å²) >= 11 is 7.55. The van der Waals surface area contributed by atoms with E-state index in [1.54, 1.807) is 17.5 Å². The van der Waals surface area contributed by atoms with E-state index in [0.29, 0.717) is 0 Å². The van der Waals surface area contributed by atoms with Crippen molar-refractivity contribution in [3.63, 3.8) is 0 Å². The van der Waals surface area contributed by atoms with Crippen molar-refractivity contribution in [2.24, 2.45) is 0 Å². The summed E-state index contributed by atoms with van der Waals surface area (Å²) in [6.07, 6.45) is 1.65. The Kier molecular flexibility index (Phi) is 3.00. The summed E-state index contributed by atoms with van der Waals surface area (Å²) in [5.41, 5.74) is 1.30. The summed E-state index contributed by atoms with van der Waals surface area (Å²) in [6.45, 7) is 0. The number of halogens is 2. The molecular weight excluding hydrogens is 413 g/mol. The van der Waals surface area contributed by atoms with Gasteiger partial charge >= 0.3 is 0 Å². The highest BCUT2D eigenvalue weighted by molar-refractivity contribution is 14.1. The van der Waals surface area contributed by atoms with Crippen molar-refractivity contribution in [1.82, 2.24) is 4.98 Å².